The van der Waals surface area contributed by atoms with Gasteiger partial charge >= 0.3 is 6.03 Å². The first-order chi connectivity index (χ1) is 7.90. The second-order valence-corrected chi connectivity index (χ2v) is 4.11. The SMILES string of the molecule is Cc1ccc(NC(C)C(=O)NC(N)=O)c(Cl)c1. The molecule has 92 valence electrons. The standard InChI is InChI=1S/C11H14ClN3O2/c1-6-3-4-9(8(12)5-6)14-7(2)10(16)15-11(13)17/h3-5,7,14H,1-2H3,(H3,13,15,16,17). The van der Waals surface area contributed by atoms with Crippen molar-refractivity contribution in [1.82, 2.24) is 5.32 Å². The van der Waals surface area contributed by atoms with E-state index in [1.54, 1.807) is 19.1 Å². The Labute approximate surface area is 104 Å². The molecule has 4 N–H and O–H groups in total. The lowest BCUT2D eigenvalue weighted by Gasteiger charge is -2.15. The molecule has 0 fully saturated rings. The summed E-state index contributed by atoms with van der Waals surface area (Å²) >= 11 is 6.00. The van der Waals surface area contributed by atoms with Crippen molar-refractivity contribution in [3.8, 4) is 0 Å². The number of urea groups is 1. The first kappa shape index (κ1) is 13.3. The Bertz CT molecular complexity index is 448. The molecule has 0 aliphatic carbocycles. The first-order valence-corrected chi connectivity index (χ1v) is 5.41. The average Bonchev–Trinajstić information content (AvgIpc) is 2.21. The number of hydrogen-bond donors (Lipinski definition) is 3. The Morgan fingerprint density at radius 3 is 2.59 bits per heavy atom. The van der Waals surface area contributed by atoms with Gasteiger partial charge < -0.3 is 11.1 Å². The maximum absolute atomic E-state index is 11.4. The molecule has 17 heavy (non-hydrogen) atoms. The summed E-state index contributed by atoms with van der Waals surface area (Å²) in [6.07, 6.45) is 0. The zero-order valence-electron chi connectivity index (χ0n) is 9.58. The number of aryl methyl sites for hydroxylation is 1. The summed E-state index contributed by atoms with van der Waals surface area (Å²) in [5.41, 5.74) is 6.50. The highest BCUT2D eigenvalue weighted by atomic mass is 35.5. The van der Waals surface area contributed by atoms with Crippen molar-refractivity contribution in [3.63, 3.8) is 0 Å². The molecule has 1 rings (SSSR count). The fourth-order valence-electron chi connectivity index (χ4n) is 1.27. The lowest BCUT2D eigenvalue weighted by Crippen LogP contribution is -2.43. The third-order valence-electron chi connectivity index (χ3n) is 2.14. The zero-order chi connectivity index (χ0) is 13.0. The molecule has 0 aromatic heterocycles. The normalized spacial score (nSPS) is 11.7. The van der Waals surface area contributed by atoms with Crippen LogP contribution in [0, 0.1) is 6.92 Å². The number of anilines is 1. The number of nitrogens with one attached hydrogen (secondary N) is 2. The molecule has 6 heteroatoms. The van der Waals surface area contributed by atoms with E-state index in [4.69, 9.17) is 17.3 Å². The molecule has 1 aromatic rings. The Hall–Kier alpha value is -1.75. The molecule has 3 amide bonds. The molecule has 0 heterocycles. The fourth-order valence-corrected chi connectivity index (χ4v) is 1.56. The van der Waals surface area contributed by atoms with Crippen LogP contribution in [0.4, 0.5) is 10.5 Å². The van der Waals surface area contributed by atoms with Crippen LogP contribution in [0.2, 0.25) is 5.02 Å². The predicted molar refractivity (Wildman–Crippen MR) is 67.0 cm³/mol. The van der Waals surface area contributed by atoms with E-state index in [-0.39, 0.29) is 0 Å². The minimum atomic E-state index is -0.876. The highest BCUT2D eigenvalue weighted by Gasteiger charge is 2.15. The summed E-state index contributed by atoms with van der Waals surface area (Å²) in [5, 5.41) is 5.40. The van der Waals surface area contributed by atoms with Crippen LogP contribution < -0.4 is 16.4 Å². The second kappa shape index (κ2) is 5.54. The van der Waals surface area contributed by atoms with Crippen LogP contribution >= 0.6 is 11.6 Å². The van der Waals surface area contributed by atoms with Crippen molar-refractivity contribution in [2.24, 2.45) is 5.73 Å². The van der Waals surface area contributed by atoms with Crippen LogP contribution in [-0.4, -0.2) is 18.0 Å². The highest BCUT2D eigenvalue weighted by molar-refractivity contribution is 6.33. The van der Waals surface area contributed by atoms with Crippen LogP contribution in [0.5, 0.6) is 0 Å². The van der Waals surface area contributed by atoms with Crippen LogP contribution in [0.1, 0.15) is 12.5 Å². The summed E-state index contributed by atoms with van der Waals surface area (Å²) in [6, 6.07) is 3.93. The van der Waals surface area contributed by atoms with Gasteiger partial charge in [-0.15, -0.1) is 0 Å². The molecule has 0 aliphatic rings. The number of halogens is 1. The molecule has 1 atom stereocenters. The molecule has 0 saturated heterocycles. The lowest BCUT2D eigenvalue weighted by atomic mass is 10.2. The number of imide groups is 1. The molecular formula is C11H14ClN3O2. The van der Waals surface area contributed by atoms with Crippen molar-refractivity contribution in [2.75, 3.05) is 5.32 Å². The van der Waals surface area contributed by atoms with Gasteiger partial charge in [0.25, 0.3) is 0 Å². The molecular weight excluding hydrogens is 242 g/mol. The van der Waals surface area contributed by atoms with E-state index >= 15 is 0 Å². The number of carbonyl (C=O) groups is 2. The minimum Gasteiger partial charge on any atom is -0.373 e. The van der Waals surface area contributed by atoms with Crippen molar-refractivity contribution < 1.29 is 9.59 Å². The molecule has 0 saturated carbocycles. The highest BCUT2D eigenvalue weighted by Crippen LogP contribution is 2.23. The van der Waals surface area contributed by atoms with Gasteiger partial charge in [0, 0.05) is 0 Å². The summed E-state index contributed by atoms with van der Waals surface area (Å²) in [4.78, 5) is 21.9. The molecule has 1 unspecified atom stereocenters. The van der Waals surface area contributed by atoms with Crippen LogP contribution in [0.25, 0.3) is 0 Å². The van der Waals surface area contributed by atoms with Crippen LogP contribution in [0.15, 0.2) is 18.2 Å². The monoisotopic (exact) mass is 255 g/mol. The number of carbonyl (C=O) groups excluding carboxylic acids is 2. The maximum atomic E-state index is 11.4. The Kier molecular flexibility index (Phi) is 4.34. The number of benzene rings is 1. The van der Waals surface area contributed by atoms with Gasteiger partial charge in [0.2, 0.25) is 5.91 Å². The van der Waals surface area contributed by atoms with E-state index in [1.165, 1.54) is 0 Å². The summed E-state index contributed by atoms with van der Waals surface area (Å²) in [5.74, 6) is -0.505. The van der Waals surface area contributed by atoms with Gasteiger partial charge in [0.1, 0.15) is 6.04 Å². The zero-order valence-corrected chi connectivity index (χ0v) is 10.3. The van der Waals surface area contributed by atoms with E-state index in [0.29, 0.717) is 10.7 Å². The summed E-state index contributed by atoms with van der Waals surface area (Å²) < 4.78 is 0. The predicted octanol–water partition coefficient (Wildman–Crippen LogP) is 1.64. The second-order valence-electron chi connectivity index (χ2n) is 3.70. The lowest BCUT2D eigenvalue weighted by molar-refractivity contribution is -0.120. The van der Waals surface area contributed by atoms with E-state index in [0.717, 1.165) is 5.56 Å². The molecule has 5 nitrogen and oxygen atoms in total. The van der Waals surface area contributed by atoms with Crippen molar-refractivity contribution in [1.29, 1.82) is 0 Å². The molecule has 0 spiro atoms. The third kappa shape index (κ3) is 3.96. The largest absolute Gasteiger partial charge is 0.373 e. The van der Waals surface area contributed by atoms with Gasteiger partial charge in [-0.1, -0.05) is 17.7 Å². The Morgan fingerprint density at radius 2 is 2.06 bits per heavy atom. The van der Waals surface area contributed by atoms with Gasteiger partial charge in [-0.05, 0) is 31.5 Å². The molecule has 0 aliphatic heterocycles. The third-order valence-corrected chi connectivity index (χ3v) is 2.45. The van der Waals surface area contributed by atoms with Gasteiger partial charge in [-0.2, -0.15) is 0 Å². The van der Waals surface area contributed by atoms with Crippen LogP contribution in [-0.2, 0) is 4.79 Å². The maximum Gasteiger partial charge on any atom is 0.318 e. The van der Waals surface area contributed by atoms with Crippen molar-refractivity contribution >= 4 is 29.2 Å². The van der Waals surface area contributed by atoms with Crippen LogP contribution in [0.3, 0.4) is 0 Å². The number of amides is 3. The summed E-state index contributed by atoms with van der Waals surface area (Å²) in [7, 11) is 0. The Balaban J connectivity index is 2.70. The van der Waals surface area contributed by atoms with Gasteiger partial charge in [-0.25, -0.2) is 4.79 Å². The van der Waals surface area contributed by atoms with E-state index in [1.807, 2.05) is 18.3 Å². The quantitative estimate of drug-likeness (QED) is 0.768. The molecule has 0 radical (unpaired) electrons. The number of nitrogens with two attached hydrogens (primary N) is 1. The van der Waals surface area contributed by atoms with E-state index in [2.05, 4.69) is 5.32 Å². The van der Waals surface area contributed by atoms with Crippen molar-refractivity contribution in [2.45, 2.75) is 19.9 Å². The Morgan fingerprint density at radius 1 is 1.41 bits per heavy atom. The molecule has 1 aromatic carbocycles. The van der Waals surface area contributed by atoms with Gasteiger partial charge in [0.15, 0.2) is 0 Å². The number of rotatable bonds is 3. The average molecular weight is 256 g/mol. The topological polar surface area (TPSA) is 84.2 Å². The number of primary amides is 1. The smallest absolute Gasteiger partial charge is 0.318 e. The minimum absolute atomic E-state index is 0.505. The van der Waals surface area contributed by atoms with Gasteiger partial charge in [-0.3, -0.25) is 10.1 Å². The number of hydrogen-bond acceptors (Lipinski definition) is 3. The van der Waals surface area contributed by atoms with Crippen molar-refractivity contribution in [3.05, 3.63) is 28.8 Å². The fraction of sp³-hybridized carbons (Fsp3) is 0.273. The molecule has 0 bridgehead atoms. The summed E-state index contributed by atoms with van der Waals surface area (Å²) in [6.45, 7) is 3.52. The van der Waals surface area contributed by atoms with E-state index in [9.17, 15) is 9.59 Å². The van der Waals surface area contributed by atoms with Gasteiger partial charge in [0.05, 0.1) is 10.7 Å². The first-order valence-electron chi connectivity index (χ1n) is 5.03. The van der Waals surface area contributed by atoms with E-state index < -0.39 is 18.0 Å².